The van der Waals surface area contributed by atoms with Gasteiger partial charge < -0.3 is 4.74 Å². The van der Waals surface area contributed by atoms with Gasteiger partial charge in [0.2, 0.25) is 0 Å². The maximum atomic E-state index is 12.2. The Morgan fingerprint density at radius 3 is 2.71 bits per heavy atom. The summed E-state index contributed by atoms with van der Waals surface area (Å²) < 4.78 is 40.8. The Kier molecular flexibility index (Phi) is 2.83. The molecule has 0 aromatic carbocycles. The largest absolute Gasteiger partial charge is 0.484 e. The lowest BCUT2D eigenvalue weighted by Gasteiger charge is -2.25. The molecular weight excluding hydrogens is 199 g/mol. The maximum Gasteiger partial charge on any atom is 0.484 e. The minimum absolute atomic E-state index is 0.0210. The number of methoxy groups -OCH3 is 1. The van der Waals surface area contributed by atoms with Crippen LogP contribution in [0.2, 0.25) is 0 Å². The van der Waals surface area contributed by atoms with Crippen molar-refractivity contribution in [2.75, 3.05) is 13.7 Å². The van der Waals surface area contributed by atoms with Crippen molar-refractivity contribution in [3.63, 3.8) is 0 Å². The molecule has 78 valence electrons. The quantitative estimate of drug-likeness (QED) is 0.481. The summed E-state index contributed by atoms with van der Waals surface area (Å²) in [5, 5.41) is 0. The summed E-state index contributed by atoms with van der Waals surface area (Å²) in [6, 6.07) is 0. The van der Waals surface area contributed by atoms with Gasteiger partial charge >= 0.3 is 12.3 Å². The predicted molar refractivity (Wildman–Crippen MR) is 42.0 cm³/mol. The van der Waals surface area contributed by atoms with Crippen LogP contribution in [-0.4, -0.2) is 30.8 Å². The van der Waals surface area contributed by atoms with Crippen LogP contribution in [0.5, 0.6) is 0 Å². The third-order valence-electron chi connectivity index (χ3n) is 1.68. The van der Waals surface area contributed by atoms with E-state index in [0.29, 0.717) is 0 Å². The molecule has 0 bridgehead atoms. The van der Waals surface area contributed by atoms with E-state index >= 15 is 0 Å². The molecule has 0 amide bonds. The van der Waals surface area contributed by atoms with Crippen LogP contribution in [0, 0.1) is 0 Å². The van der Waals surface area contributed by atoms with E-state index in [-0.39, 0.29) is 10.5 Å². The van der Waals surface area contributed by atoms with Crippen molar-refractivity contribution in [2.45, 2.75) is 6.30 Å². The molecule has 1 aliphatic heterocycles. The number of hydrogen-bond donors (Lipinski definition) is 0. The average molecular weight is 207 g/mol. The first-order valence-electron chi connectivity index (χ1n) is 3.74. The van der Waals surface area contributed by atoms with Crippen LogP contribution >= 0.6 is 0 Å². The van der Waals surface area contributed by atoms with E-state index in [1.165, 1.54) is 6.08 Å². The predicted octanol–water partition coefficient (Wildman–Crippen LogP) is 1.43. The van der Waals surface area contributed by atoms with Crippen LogP contribution in [-0.2, 0) is 9.53 Å². The van der Waals surface area contributed by atoms with Crippen LogP contribution in [0.3, 0.4) is 0 Å². The number of hydrogen-bond acceptors (Lipinski definition) is 3. The van der Waals surface area contributed by atoms with Crippen LogP contribution in [0.1, 0.15) is 0 Å². The number of rotatable bonds is 1. The number of allylic oxidation sites excluding steroid dienone is 2. The van der Waals surface area contributed by atoms with E-state index in [2.05, 4.69) is 4.74 Å². The molecule has 0 saturated heterocycles. The zero-order valence-corrected chi connectivity index (χ0v) is 7.34. The maximum absolute atomic E-state index is 12.2. The third kappa shape index (κ3) is 2.27. The summed E-state index contributed by atoms with van der Waals surface area (Å²) >= 11 is 0. The van der Waals surface area contributed by atoms with Gasteiger partial charge in [0, 0.05) is 6.20 Å². The van der Waals surface area contributed by atoms with E-state index in [0.717, 1.165) is 19.4 Å². The van der Waals surface area contributed by atoms with E-state index in [1.807, 2.05) is 0 Å². The highest BCUT2D eigenvalue weighted by atomic mass is 19.4. The van der Waals surface area contributed by atoms with Crippen LogP contribution in [0.15, 0.2) is 23.9 Å². The summed E-state index contributed by atoms with van der Waals surface area (Å²) in [7, 11) is 1.12. The first-order valence-corrected chi connectivity index (χ1v) is 3.74. The smallest absolute Gasteiger partial charge is 0.466 e. The second-order valence-electron chi connectivity index (χ2n) is 2.62. The van der Waals surface area contributed by atoms with E-state index in [1.54, 1.807) is 0 Å². The molecule has 14 heavy (non-hydrogen) atoms. The summed E-state index contributed by atoms with van der Waals surface area (Å²) in [6.07, 6.45) is -1.15. The summed E-state index contributed by atoms with van der Waals surface area (Å²) in [4.78, 5) is 11.0. The lowest BCUT2D eigenvalue weighted by Crippen LogP contribution is -2.37. The lowest BCUT2D eigenvalue weighted by molar-refractivity contribution is -0.225. The van der Waals surface area contributed by atoms with Crippen molar-refractivity contribution in [1.29, 1.82) is 0 Å². The van der Waals surface area contributed by atoms with Gasteiger partial charge in [-0.2, -0.15) is 13.2 Å². The molecule has 3 nitrogen and oxygen atoms in total. The van der Waals surface area contributed by atoms with Crippen molar-refractivity contribution >= 4 is 5.97 Å². The molecule has 1 aliphatic rings. The van der Waals surface area contributed by atoms with E-state index in [9.17, 15) is 18.0 Å². The number of ether oxygens (including phenoxy) is 1. The number of halogens is 3. The third-order valence-corrected chi connectivity index (χ3v) is 1.68. The van der Waals surface area contributed by atoms with Crippen molar-refractivity contribution < 1.29 is 22.7 Å². The molecule has 0 aromatic rings. The minimum atomic E-state index is -4.47. The molecule has 0 spiro atoms. The van der Waals surface area contributed by atoms with Gasteiger partial charge in [0.15, 0.2) is 0 Å². The highest BCUT2D eigenvalue weighted by molar-refractivity contribution is 5.89. The van der Waals surface area contributed by atoms with Gasteiger partial charge in [0.05, 0.1) is 19.2 Å². The molecule has 0 radical (unpaired) electrons. The van der Waals surface area contributed by atoms with E-state index < -0.39 is 18.8 Å². The second-order valence-corrected chi connectivity index (χ2v) is 2.62. The number of nitrogens with zero attached hydrogens (tertiary/aromatic N) is 1. The Labute approximate surface area is 78.4 Å². The van der Waals surface area contributed by atoms with Gasteiger partial charge in [-0.05, 0) is 12.2 Å². The molecule has 1 heterocycles. The van der Waals surface area contributed by atoms with Gasteiger partial charge in [-0.15, -0.1) is 0 Å². The first-order chi connectivity index (χ1) is 6.45. The Morgan fingerprint density at radius 1 is 1.57 bits per heavy atom. The van der Waals surface area contributed by atoms with Crippen LogP contribution < -0.4 is 0 Å². The molecule has 0 saturated carbocycles. The summed E-state index contributed by atoms with van der Waals surface area (Å²) in [5.74, 6) is -0.747. The molecule has 0 aromatic heterocycles. The van der Waals surface area contributed by atoms with Gasteiger partial charge in [0.25, 0.3) is 0 Å². The zero-order valence-electron chi connectivity index (χ0n) is 7.34. The average Bonchev–Trinajstić information content (AvgIpc) is 2.15. The second kappa shape index (κ2) is 3.73. The Hall–Kier alpha value is -1.46. The van der Waals surface area contributed by atoms with Crippen LogP contribution in [0.25, 0.3) is 0 Å². The molecule has 0 fully saturated rings. The molecule has 6 heteroatoms. The van der Waals surface area contributed by atoms with Gasteiger partial charge in [-0.1, -0.05) is 0 Å². The number of carbonyl (C=O) groups is 1. The SMILES string of the molecule is COC(=O)C1=CC=CN(C(F)(F)F)C1. The topological polar surface area (TPSA) is 29.5 Å². The molecule has 0 atom stereocenters. The number of alkyl halides is 3. The fourth-order valence-corrected chi connectivity index (χ4v) is 0.990. The molecule has 0 unspecified atom stereocenters. The molecule has 1 rings (SSSR count). The monoisotopic (exact) mass is 207 g/mol. The summed E-state index contributed by atoms with van der Waals surface area (Å²) in [6.45, 7) is -0.507. The highest BCUT2D eigenvalue weighted by Crippen LogP contribution is 2.24. The van der Waals surface area contributed by atoms with Crippen molar-refractivity contribution in [3.05, 3.63) is 23.9 Å². The van der Waals surface area contributed by atoms with Crippen molar-refractivity contribution in [1.82, 2.24) is 4.90 Å². The fraction of sp³-hybridized carbons (Fsp3) is 0.375. The Morgan fingerprint density at radius 2 is 2.21 bits per heavy atom. The molecule has 0 aliphatic carbocycles. The zero-order chi connectivity index (χ0) is 10.8. The van der Waals surface area contributed by atoms with Gasteiger partial charge in [0.1, 0.15) is 0 Å². The lowest BCUT2D eigenvalue weighted by atomic mass is 10.2. The normalized spacial score (nSPS) is 16.6. The molecular formula is C8H8F3NO2. The first kappa shape index (κ1) is 10.6. The minimum Gasteiger partial charge on any atom is -0.466 e. The standard InChI is InChI=1S/C8H8F3NO2/c1-14-7(13)6-3-2-4-12(5-6)8(9,10)11/h2-4H,5H2,1H3. The van der Waals surface area contributed by atoms with Gasteiger partial charge in [-0.3, -0.25) is 4.90 Å². The molecule has 0 N–H and O–H groups in total. The van der Waals surface area contributed by atoms with Crippen LogP contribution in [0.4, 0.5) is 13.2 Å². The van der Waals surface area contributed by atoms with Gasteiger partial charge in [-0.25, -0.2) is 4.79 Å². The summed E-state index contributed by atoms with van der Waals surface area (Å²) in [5.41, 5.74) is -0.0210. The van der Waals surface area contributed by atoms with Crippen molar-refractivity contribution in [2.24, 2.45) is 0 Å². The fourth-order valence-electron chi connectivity index (χ4n) is 0.990. The number of carbonyl (C=O) groups excluding carboxylic acids is 1. The number of esters is 1. The van der Waals surface area contributed by atoms with Crippen molar-refractivity contribution in [3.8, 4) is 0 Å². The Balaban J connectivity index is 2.74. The highest BCUT2D eigenvalue weighted by Gasteiger charge is 2.36. The Bertz CT molecular complexity index is 293. The van der Waals surface area contributed by atoms with E-state index in [4.69, 9.17) is 0 Å².